The Labute approximate surface area is 110 Å². The maximum absolute atomic E-state index is 11.7. The lowest BCUT2D eigenvalue weighted by atomic mass is 9.80. The first-order chi connectivity index (χ1) is 8.39. The number of nitrogens with one attached hydrogen (secondary N) is 2. The van der Waals surface area contributed by atoms with Crippen molar-refractivity contribution >= 4 is 5.91 Å². The predicted octanol–water partition coefficient (Wildman–Crippen LogP) is 2.53. The van der Waals surface area contributed by atoms with Crippen LogP contribution in [0.1, 0.15) is 46.4 Å². The smallest absolute Gasteiger partial charge is 0.220 e. The fourth-order valence-electron chi connectivity index (χ4n) is 1.57. The van der Waals surface area contributed by atoms with E-state index in [9.17, 15) is 4.79 Å². The van der Waals surface area contributed by atoms with Gasteiger partial charge in [0.15, 0.2) is 0 Å². The van der Waals surface area contributed by atoms with Crippen LogP contribution in [0, 0.1) is 11.3 Å². The molecule has 0 bridgehead atoms. The SMILES string of the molecule is CC(CC(=O)NCCCc1ncc[nH]1)C(C)(C)C. The minimum atomic E-state index is 0.150. The van der Waals surface area contributed by atoms with E-state index in [0.29, 0.717) is 12.3 Å². The predicted molar refractivity (Wildman–Crippen MR) is 73.2 cm³/mol. The zero-order chi connectivity index (χ0) is 13.6. The van der Waals surface area contributed by atoms with Crippen molar-refractivity contribution < 1.29 is 4.79 Å². The molecular formula is C14H25N3O. The zero-order valence-electron chi connectivity index (χ0n) is 11.9. The van der Waals surface area contributed by atoms with Crippen LogP contribution in [0.2, 0.25) is 0 Å². The monoisotopic (exact) mass is 251 g/mol. The molecule has 0 aliphatic heterocycles. The number of aromatic amines is 1. The molecule has 0 fully saturated rings. The molecule has 1 heterocycles. The molecule has 102 valence electrons. The van der Waals surface area contributed by atoms with Crippen molar-refractivity contribution in [3.05, 3.63) is 18.2 Å². The van der Waals surface area contributed by atoms with Gasteiger partial charge in [-0.25, -0.2) is 4.98 Å². The molecule has 4 heteroatoms. The first-order valence-electron chi connectivity index (χ1n) is 6.64. The van der Waals surface area contributed by atoms with Crippen molar-refractivity contribution in [1.82, 2.24) is 15.3 Å². The van der Waals surface area contributed by atoms with E-state index >= 15 is 0 Å². The van der Waals surface area contributed by atoms with Crippen LogP contribution in [0.15, 0.2) is 12.4 Å². The quantitative estimate of drug-likeness (QED) is 0.763. The highest BCUT2D eigenvalue weighted by Crippen LogP contribution is 2.27. The fourth-order valence-corrected chi connectivity index (χ4v) is 1.57. The third kappa shape index (κ3) is 5.34. The summed E-state index contributed by atoms with van der Waals surface area (Å²) in [6.07, 6.45) is 5.97. The normalized spacial score (nSPS) is 13.3. The number of aromatic nitrogens is 2. The summed E-state index contributed by atoms with van der Waals surface area (Å²) in [6.45, 7) is 9.35. The van der Waals surface area contributed by atoms with Gasteiger partial charge in [-0.15, -0.1) is 0 Å². The summed E-state index contributed by atoms with van der Waals surface area (Å²) >= 11 is 0. The van der Waals surface area contributed by atoms with Crippen LogP contribution < -0.4 is 5.32 Å². The van der Waals surface area contributed by atoms with Crippen molar-refractivity contribution in [3.8, 4) is 0 Å². The van der Waals surface area contributed by atoms with E-state index < -0.39 is 0 Å². The molecule has 0 saturated carbocycles. The summed E-state index contributed by atoms with van der Waals surface area (Å²) in [5.41, 5.74) is 0.186. The summed E-state index contributed by atoms with van der Waals surface area (Å²) in [5, 5.41) is 2.97. The molecule has 0 spiro atoms. The number of H-pyrrole nitrogens is 1. The van der Waals surface area contributed by atoms with Crippen molar-refractivity contribution in [1.29, 1.82) is 0 Å². The molecule has 0 radical (unpaired) electrons. The van der Waals surface area contributed by atoms with E-state index in [4.69, 9.17) is 0 Å². The number of rotatable bonds is 6. The molecule has 0 saturated heterocycles. The Balaban J connectivity index is 2.14. The van der Waals surface area contributed by atoms with Crippen molar-refractivity contribution in [2.24, 2.45) is 11.3 Å². The van der Waals surface area contributed by atoms with Gasteiger partial charge in [0.2, 0.25) is 5.91 Å². The van der Waals surface area contributed by atoms with E-state index in [1.807, 2.05) is 6.20 Å². The van der Waals surface area contributed by atoms with Gasteiger partial charge >= 0.3 is 0 Å². The highest BCUT2D eigenvalue weighted by Gasteiger charge is 2.22. The molecule has 1 aromatic rings. The van der Waals surface area contributed by atoms with Gasteiger partial charge in [0.25, 0.3) is 0 Å². The van der Waals surface area contributed by atoms with Gasteiger partial charge in [0, 0.05) is 31.8 Å². The average molecular weight is 251 g/mol. The molecule has 1 amide bonds. The van der Waals surface area contributed by atoms with Gasteiger partial charge in [0.05, 0.1) is 0 Å². The lowest BCUT2D eigenvalue weighted by Gasteiger charge is -2.26. The Bertz CT molecular complexity index is 352. The number of aryl methyl sites for hydroxylation is 1. The Morgan fingerprint density at radius 2 is 2.22 bits per heavy atom. The van der Waals surface area contributed by atoms with Crippen molar-refractivity contribution in [2.75, 3.05) is 6.54 Å². The number of hydrogen-bond acceptors (Lipinski definition) is 2. The topological polar surface area (TPSA) is 57.8 Å². The summed E-state index contributed by atoms with van der Waals surface area (Å²) in [6, 6.07) is 0. The van der Waals surface area contributed by atoms with Crippen LogP contribution in [0.4, 0.5) is 0 Å². The molecule has 1 unspecified atom stereocenters. The second-order valence-electron chi connectivity index (χ2n) is 5.96. The Kier molecular flexibility index (Phi) is 5.38. The second-order valence-corrected chi connectivity index (χ2v) is 5.96. The van der Waals surface area contributed by atoms with Crippen molar-refractivity contribution in [2.45, 2.75) is 47.0 Å². The fraction of sp³-hybridized carbons (Fsp3) is 0.714. The number of carbonyl (C=O) groups is 1. The highest BCUT2D eigenvalue weighted by atomic mass is 16.1. The first-order valence-corrected chi connectivity index (χ1v) is 6.64. The zero-order valence-corrected chi connectivity index (χ0v) is 11.9. The van der Waals surface area contributed by atoms with Gasteiger partial charge in [-0.2, -0.15) is 0 Å². The molecule has 1 aromatic heterocycles. The van der Waals surface area contributed by atoms with Gasteiger partial charge in [-0.05, 0) is 17.8 Å². The molecule has 1 rings (SSSR count). The van der Waals surface area contributed by atoms with E-state index in [0.717, 1.165) is 25.2 Å². The molecule has 18 heavy (non-hydrogen) atoms. The summed E-state index contributed by atoms with van der Waals surface area (Å²) in [5.74, 6) is 1.52. The van der Waals surface area contributed by atoms with Gasteiger partial charge in [-0.1, -0.05) is 27.7 Å². The average Bonchev–Trinajstić information content (AvgIpc) is 2.75. The van der Waals surface area contributed by atoms with Gasteiger partial charge in [-0.3, -0.25) is 4.79 Å². The third-order valence-corrected chi connectivity index (χ3v) is 3.44. The summed E-state index contributed by atoms with van der Waals surface area (Å²) in [4.78, 5) is 18.9. The largest absolute Gasteiger partial charge is 0.356 e. The summed E-state index contributed by atoms with van der Waals surface area (Å²) < 4.78 is 0. The number of amides is 1. The van der Waals surface area contributed by atoms with E-state index in [-0.39, 0.29) is 11.3 Å². The molecule has 1 atom stereocenters. The van der Waals surface area contributed by atoms with E-state index in [2.05, 4.69) is 43.0 Å². The van der Waals surface area contributed by atoms with Crippen molar-refractivity contribution in [3.63, 3.8) is 0 Å². The lowest BCUT2D eigenvalue weighted by molar-refractivity contribution is -0.122. The van der Waals surface area contributed by atoms with E-state index in [1.54, 1.807) is 6.20 Å². The molecule has 2 N–H and O–H groups in total. The standard InChI is InChI=1S/C14H25N3O/c1-11(14(2,3)4)10-13(18)17-7-5-6-12-15-8-9-16-12/h8-9,11H,5-7,10H2,1-4H3,(H,15,16)(H,17,18). The summed E-state index contributed by atoms with van der Waals surface area (Å²) in [7, 11) is 0. The number of hydrogen-bond donors (Lipinski definition) is 2. The maximum Gasteiger partial charge on any atom is 0.220 e. The number of nitrogens with zero attached hydrogens (tertiary/aromatic N) is 1. The Hall–Kier alpha value is -1.32. The molecular weight excluding hydrogens is 226 g/mol. The maximum atomic E-state index is 11.7. The van der Waals surface area contributed by atoms with Crippen LogP contribution in [-0.2, 0) is 11.2 Å². The molecule has 0 aromatic carbocycles. The van der Waals surface area contributed by atoms with E-state index in [1.165, 1.54) is 0 Å². The molecule has 4 nitrogen and oxygen atoms in total. The Morgan fingerprint density at radius 3 is 2.78 bits per heavy atom. The van der Waals surface area contributed by atoms with Crippen LogP contribution in [-0.4, -0.2) is 22.4 Å². The minimum Gasteiger partial charge on any atom is -0.356 e. The second kappa shape index (κ2) is 6.57. The minimum absolute atomic E-state index is 0.150. The first kappa shape index (κ1) is 14.7. The molecule has 0 aliphatic carbocycles. The van der Waals surface area contributed by atoms with Gasteiger partial charge in [0.1, 0.15) is 5.82 Å². The van der Waals surface area contributed by atoms with Crippen LogP contribution >= 0.6 is 0 Å². The van der Waals surface area contributed by atoms with Crippen LogP contribution in [0.3, 0.4) is 0 Å². The van der Waals surface area contributed by atoms with Crippen LogP contribution in [0.5, 0.6) is 0 Å². The molecule has 0 aliphatic rings. The van der Waals surface area contributed by atoms with Crippen LogP contribution in [0.25, 0.3) is 0 Å². The van der Waals surface area contributed by atoms with Gasteiger partial charge < -0.3 is 10.3 Å². The third-order valence-electron chi connectivity index (χ3n) is 3.44. The number of imidazole rings is 1. The Morgan fingerprint density at radius 1 is 1.50 bits per heavy atom. The number of carbonyl (C=O) groups excluding carboxylic acids is 1. The highest BCUT2D eigenvalue weighted by molar-refractivity contribution is 5.76. The lowest BCUT2D eigenvalue weighted by Crippen LogP contribution is -2.30.